The predicted molar refractivity (Wildman–Crippen MR) is 135 cm³/mol. The quantitative estimate of drug-likeness (QED) is 0.357. The standard InChI is InChI=1S/C24H23ClN2O5S2/c1-31-21-10-5-16(13-22(21)32-2)11-12-26-34(29,30)19-8-9-20-23(14-19)33-24(28)27(20)15-17-3-6-18(25)7-4-17/h3-10,13-14,26H,11-12,15H2,1-2H3. The molecule has 1 aromatic heterocycles. The molecule has 0 saturated carbocycles. The molecule has 0 fully saturated rings. The largest absolute Gasteiger partial charge is 0.493 e. The van der Waals surface area contributed by atoms with Gasteiger partial charge in [0.1, 0.15) is 0 Å². The highest BCUT2D eigenvalue weighted by atomic mass is 35.5. The number of sulfonamides is 1. The van der Waals surface area contributed by atoms with Gasteiger partial charge in [0.2, 0.25) is 10.0 Å². The van der Waals surface area contributed by atoms with Crippen LogP contribution >= 0.6 is 22.9 Å². The Morgan fingerprint density at radius 2 is 1.65 bits per heavy atom. The van der Waals surface area contributed by atoms with Crippen molar-refractivity contribution in [1.29, 1.82) is 0 Å². The van der Waals surface area contributed by atoms with E-state index in [4.69, 9.17) is 21.1 Å². The summed E-state index contributed by atoms with van der Waals surface area (Å²) in [6.45, 7) is 0.593. The van der Waals surface area contributed by atoms with Gasteiger partial charge in [0, 0.05) is 11.6 Å². The van der Waals surface area contributed by atoms with E-state index >= 15 is 0 Å². The third kappa shape index (κ3) is 5.28. The van der Waals surface area contributed by atoms with Gasteiger partial charge in [0.05, 0.1) is 35.9 Å². The molecule has 34 heavy (non-hydrogen) atoms. The van der Waals surface area contributed by atoms with Crippen LogP contribution in [0.15, 0.2) is 70.4 Å². The highest BCUT2D eigenvalue weighted by Gasteiger charge is 2.17. The molecule has 0 aliphatic heterocycles. The lowest BCUT2D eigenvalue weighted by Gasteiger charge is -2.10. The van der Waals surface area contributed by atoms with E-state index in [0.29, 0.717) is 39.7 Å². The van der Waals surface area contributed by atoms with Crippen molar-refractivity contribution in [3.63, 3.8) is 0 Å². The summed E-state index contributed by atoms with van der Waals surface area (Å²) in [6, 6.07) is 17.5. The van der Waals surface area contributed by atoms with Crippen LogP contribution in [-0.2, 0) is 23.0 Å². The van der Waals surface area contributed by atoms with E-state index in [-0.39, 0.29) is 16.3 Å². The summed E-state index contributed by atoms with van der Waals surface area (Å²) < 4.78 is 41.1. The highest BCUT2D eigenvalue weighted by Crippen LogP contribution is 2.28. The van der Waals surface area contributed by atoms with Crippen LogP contribution in [0.3, 0.4) is 0 Å². The summed E-state index contributed by atoms with van der Waals surface area (Å²) in [5.41, 5.74) is 2.53. The lowest BCUT2D eigenvalue weighted by molar-refractivity contribution is 0.354. The summed E-state index contributed by atoms with van der Waals surface area (Å²) in [5, 5.41) is 0.625. The van der Waals surface area contributed by atoms with Crippen LogP contribution < -0.4 is 19.1 Å². The number of rotatable bonds is 9. The van der Waals surface area contributed by atoms with Gasteiger partial charge in [0.25, 0.3) is 0 Å². The van der Waals surface area contributed by atoms with Crippen molar-refractivity contribution in [3.05, 3.63) is 86.5 Å². The molecule has 0 radical (unpaired) electrons. The Morgan fingerprint density at radius 1 is 0.941 bits per heavy atom. The van der Waals surface area contributed by atoms with E-state index in [2.05, 4.69) is 4.72 Å². The molecule has 0 amide bonds. The van der Waals surface area contributed by atoms with Gasteiger partial charge in [-0.3, -0.25) is 9.36 Å². The molecule has 0 atom stereocenters. The first kappa shape index (κ1) is 24.3. The Balaban J connectivity index is 1.49. The highest BCUT2D eigenvalue weighted by molar-refractivity contribution is 7.89. The molecule has 4 aromatic rings. The third-order valence-electron chi connectivity index (χ3n) is 5.36. The molecule has 4 rings (SSSR count). The number of benzene rings is 3. The number of thiazole rings is 1. The molecule has 10 heteroatoms. The molecule has 0 aliphatic rings. The fourth-order valence-corrected chi connectivity index (χ4v) is 5.77. The van der Waals surface area contributed by atoms with Crippen LogP contribution in [0.5, 0.6) is 11.5 Å². The Kier molecular flexibility index (Phi) is 7.27. The fraction of sp³-hybridized carbons (Fsp3) is 0.208. The van der Waals surface area contributed by atoms with E-state index in [1.807, 2.05) is 24.3 Å². The summed E-state index contributed by atoms with van der Waals surface area (Å²) in [6.07, 6.45) is 0.479. The average molecular weight is 519 g/mol. The molecule has 1 N–H and O–H groups in total. The zero-order chi connectivity index (χ0) is 24.3. The van der Waals surface area contributed by atoms with Gasteiger partial charge >= 0.3 is 4.87 Å². The van der Waals surface area contributed by atoms with Gasteiger partial charge < -0.3 is 9.47 Å². The number of methoxy groups -OCH3 is 2. The molecule has 1 heterocycles. The van der Waals surface area contributed by atoms with Crippen molar-refractivity contribution < 1.29 is 17.9 Å². The number of ether oxygens (including phenoxy) is 2. The van der Waals surface area contributed by atoms with E-state index in [0.717, 1.165) is 22.5 Å². The van der Waals surface area contributed by atoms with Gasteiger partial charge in [-0.2, -0.15) is 0 Å². The molecule has 0 spiro atoms. The van der Waals surface area contributed by atoms with Crippen LogP contribution in [0.1, 0.15) is 11.1 Å². The topological polar surface area (TPSA) is 86.6 Å². The second-order valence-electron chi connectivity index (χ2n) is 7.55. The van der Waals surface area contributed by atoms with Crippen LogP contribution in [0.2, 0.25) is 5.02 Å². The predicted octanol–water partition coefficient (Wildman–Crippen LogP) is 4.30. The first-order valence-electron chi connectivity index (χ1n) is 10.4. The lowest BCUT2D eigenvalue weighted by atomic mass is 10.1. The number of hydrogen-bond donors (Lipinski definition) is 1. The van der Waals surface area contributed by atoms with Crippen molar-refractivity contribution in [2.24, 2.45) is 0 Å². The van der Waals surface area contributed by atoms with Gasteiger partial charge in [-0.05, 0) is 60.0 Å². The molecule has 3 aromatic carbocycles. The first-order chi connectivity index (χ1) is 16.3. The number of nitrogens with zero attached hydrogens (tertiary/aromatic N) is 1. The molecule has 0 unspecified atom stereocenters. The van der Waals surface area contributed by atoms with Gasteiger partial charge in [-0.15, -0.1) is 0 Å². The van der Waals surface area contributed by atoms with Crippen LogP contribution in [0.25, 0.3) is 10.2 Å². The molecular formula is C24H23ClN2O5S2. The van der Waals surface area contributed by atoms with Gasteiger partial charge in [-0.1, -0.05) is 41.1 Å². The van der Waals surface area contributed by atoms with E-state index in [1.165, 1.54) is 6.07 Å². The maximum absolute atomic E-state index is 12.9. The maximum Gasteiger partial charge on any atom is 0.308 e. The Bertz CT molecular complexity index is 1480. The van der Waals surface area contributed by atoms with E-state index in [9.17, 15) is 13.2 Å². The van der Waals surface area contributed by atoms with Crippen LogP contribution in [0, 0.1) is 0 Å². The van der Waals surface area contributed by atoms with Crippen molar-refractivity contribution in [2.45, 2.75) is 17.9 Å². The fourth-order valence-electron chi connectivity index (χ4n) is 3.59. The zero-order valence-corrected chi connectivity index (χ0v) is 21.0. The van der Waals surface area contributed by atoms with Crippen molar-refractivity contribution in [3.8, 4) is 11.5 Å². The summed E-state index contributed by atoms with van der Waals surface area (Å²) in [4.78, 5) is 12.5. The van der Waals surface area contributed by atoms with E-state index < -0.39 is 10.0 Å². The minimum atomic E-state index is -3.74. The molecule has 0 saturated heterocycles. The molecule has 178 valence electrons. The second kappa shape index (κ2) is 10.2. The number of hydrogen-bond acceptors (Lipinski definition) is 6. The summed E-state index contributed by atoms with van der Waals surface area (Å²) in [5.74, 6) is 1.20. The Labute approximate surface area is 206 Å². The van der Waals surface area contributed by atoms with Crippen LogP contribution in [0.4, 0.5) is 0 Å². The molecular weight excluding hydrogens is 496 g/mol. The Morgan fingerprint density at radius 3 is 2.35 bits per heavy atom. The first-order valence-corrected chi connectivity index (χ1v) is 13.1. The zero-order valence-electron chi connectivity index (χ0n) is 18.6. The maximum atomic E-state index is 12.9. The summed E-state index contributed by atoms with van der Waals surface area (Å²) in [7, 11) is -0.629. The third-order valence-corrected chi connectivity index (χ3v) is 8.01. The van der Waals surface area contributed by atoms with Crippen molar-refractivity contribution >= 4 is 43.2 Å². The lowest BCUT2D eigenvalue weighted by Crippen LogP contribution is -2.26. The smallest absolute Gasteiger partial charge is 0.308 e. The average Bonchev–Trinajstić information content (AvgIpc) is 3.14. The minimum Gasteiger partial charge on any atom is -0.493 e. The van der Waals surface area contributed by atoms with Crippen molar-refractivity contribution in [2.75, 3.05) is 20.8 Å². The second-order valence-corrected chi connectivity index (χ2v) is 10.7. The minimum absolute atomic E-state index is 0.118. The number of nitrogens with one attached hydrogen (secondary N) is 1. The van der Waals surface area contributed by atoms with Crippen molar-refractivity contribution in [1.82, 2.24) is 9.29 Å². The molecule has 7 nitrogen and oxygen atoms in total. The monoisotopic (exact) mass is 518 g/mol. The molecule has 0 bridgehead atoms. The number of halogens is 1. The van der Waals surface area contributed by atoms with E-state index in [1.54, 1.807) is 49.1 Å². The number of aromatic nitrogens is 1. The Hall–Kier alpha value is -2.85. The summed E-state index contributed by atoms with van der Waals surface area (Å²) >= 11 is 6.96. The SMILES string of the molecule is COc1ccc(CCNS(=O)(=O)c2ccc3c(c2)sc(=O)n3Cc2ccc(Cl)cc2)cc1OC. The van der Waals surface area contributed by atoms with Gasteiger partial charge in [-0.25, -0.2) is 13.1 Å². The van der Waals surface area contributed by atoms with Gasteiger partial charge in [0.15, 0.2) is 11.5 Å². The number of fused-ring (bicyclic) bond motifs is 1. The van der Waals surface area contributed by atoms with Crippen LogP contribution in [-0.4, -0.2) is 33.7 Å². The normalized spacial score (nSPS) is 11.6. The molecule has 0 aliphatic carbocycles.